The van der Waals surface area contributed by atoms with Crippen molar-refractivity contribution < 1.29 is 53.2 Å². The van der Waals surface area contributed by atoms with E-state index in [1.165, 1.54) is 33.8 Å². The van der Waals surface area contributed by atoms with Gasteiger partial charge in [-0.25, -0.2) is 4.79 Å². The fraction of sp³-hybridized carbons (Fsp3) is 0.688. The van der Waals surface area contributed by atoms with Gasteiger partial charge < -0.3 is 24.4 Å². The van der Waals surface area contributed by atoms with Crippen LogP contribution in [-0.4, -0.2) is 114 Å². The number of nitrogens with zero attached hydrogens (tertiary/aromatic N) is 2. The lowest BCUT2D eigenvalue weighted by molar-refractivity contribution is -0.151. The Balaban J connectivity index is 0.000000378. The van der Waals surface area contributed by atoms with Crippen molar-refractivity contribution in [3.8, 4) is 0 Å². The number of hydrogen-bond acceptors (Lipinski definition) is 13. The summed E-state index contributed by atoms with van der Waals surface area (Å²) in [5.41, 5.74) is 0. The number of fused-ring (bicyclic) bond motifs is 2. The molecule has 1 saturated carbocycles. The van der Waals surface area contributed by atoms with Crippen LogP contribution in [0.25, 0.3) is 0 Å². The number of aliphatic hydroxyl groups excluding tert-OH is 2. The summed E-state index contributed by atoms with van der Waals surface area (Å²) in [6.45, 7) is 6.67. The van der Waals surface area contributed by atoms with Crippen LogP contribution in [0.4, 0.5) is 4.79 Å². The number of amides is 4. The second kappa shape index (κ2) is 22.6. The van der Waals surface area contributed by atoms with Gasteiger partial charge in [-0.15, -0.1) is 6.58 Å². The standard InChI is InChI=1S/C15H24N2O5.C9H12O2.C8H14O4S2/c1-4-7-12-13(20)16(8-10(18)5-2)15(22)17(14(12)21)9-11(19)6-3;1-11-9(10)8-5-6-2-3-7(8)4-6;1-11-7(9)3-5-13-14-6-4-8(10)12-2/h4,10-12,18-19H,1,5-9H2,2-3H3;2-3,6-8H,4-5H2,1H3;3-6H2,1-2H3. The minimum absolute atomic E-state index is 0.0261. The van der Waals surface area contributed by atoms with Crippen molar-refractivity contribution in [2.75, 3.05) is 45.9 Å². The molecule has 4 amide bonds. The SMILES string of the molecule is C=CCC1C(=O)N(CC(O)CC)C(=O)N(CC(O)CC)C1=O.COC(=O)C1CC2C=CC1C2.COC(=O)CCSSCCC(=O)OC. The van der Waals surface area contributed by atoms with Crippen LogP contribution in [0.3, 0.4) is 0 Å². The van der Waals surface area contributed by atoms with Crippen LogP contribution in [0, 0.1) is 23.7 Å². The smallest absolute Gasteiger partial charge is 0.333 e. The van der Waals surface area contributed by atoms with E-state index in [0.717, 1.165) is 16.2 Å². The normalized spacial score (nSPS) is 22.4. The van der Waals surface area contributed by atoms with Crippen molar-refractivity contribution >= 4 is 57.3 Å². The van der Waals surface area contributed by atoms with Crippen molar-refractivity contribution in [3.63, 3.8) is 0 Å². The minimum Gasteiger partial charge on any atom is -0.469 e. The van der Waals surface area contributed by atoms with Gasteiger partial charge in [-0.1, -0.05) is 53.7 Å². The van der Waals surface area contributed by atoms with Crippen LogP contribution in [0.15, 0.2) is 24.8 Å². The van der Waals surface area contributed by atoms with Gasteiger partial charge in [0.25, 0.3) is 0 Å². The van der Waals surface area contributed by atoms with Crippen LogP contribution in [0.5, 0.6) is 0 Å². The van der Waals surface area contributed by atoms with Gasteiger partial charge in [0.1, 0.15) is 5.92 Å². The van der Waals surface area contributed by atoms with Gasteiger partial charge in [0.2, 0.25) is 11.8 Å². The molecule has 0 spiro atoms. The summed E-state index contributed by atoms with van der Waals surface area (Å²) >= 11 is 0. The second-order valence-electron chi connectivity index (χ2n) is 11.1. The van der Waals surface area contributed by atoms with E-state index in [-0.39, 0.29) is 43.3 Å². The number of methoxy groups -OCH3 is 3. The Morgan fingerprint density at radius 3 is 1.70 bits per heavy atom. The second-order valence-corrected chi connectivity index (χ2v) is 13.8. The highest BCUT2D eigenvalue weighted by Crippen LogP contribution is 2.43. The van der Waals surface area contributed by atoms with E-state index in [1.54, 1.807) is 35.4 Å². The number of carbonyl (C=O) groups is 6. The van der Waals surface area contributed by atoms with Gasteiger partial charge in [-0.05, 0) is 43.9 Å². The zero-order valence-electron chi connectivity index (χ0n) is 28.0. The third-order valence-corrected chi connectivity index (χ3v) is 10.2. The van der Waals surface area contributed by atoms with Gasteiger partial charge in [-0.3, -0.25) is 33.8 Å². The van der Waals surface area contributed by atoms with Gasteiger partial charge >= 0.3 is 23.9 Å². The Bertz CT molecular complexity index is 1050. The molecular weight excluding hydrogens is 652 g/mol. The number of esters is 3. The quantitative estimate of drug-likeness (QED) is 0.0598. The van der Waals surface area contributed by atoms with Gasteiger partial charge in [0.05, 0.1) is 65.4 Å². The average Bonchev–Trinajstić information content (AvgIpc) is 3.72. The van der Waals surface area contributed by atoms with Crippen LogP contribution in [-0.2, 0) is 38.2 Å². The molecule has 5 unspecified atom stereocenters. The largest absolute Gasteiger partial charge is 0.469 e. The van der Waals surface area contributed by atoms with Crippen molar-refractivity contribution in [1.82, 2.24) is 9.80 Å². The molecule has 266 valence electrons. The molecule has 0 aromatic heterocycles. The Morgan fingerprint density at radius 2 is 1.36 bits per heavy atom. The highest BCUT2D eigenvalue weighted by Gasteiger charge is 2.46. The first-order valence-electron chi connectivity index (χ1n) is 15.7. The Hall–Kier alpha value is -2.88. The number of β-amino-alcohol motifs (C(OH)–C–C–N with tert-alkyl or cyclic N) is 2. The van der Waals surface area contributed by atoms with Crippen molar-refractivity contribution in [2.45, 2.75) is 71.0 Å². The number of aliphatic hydroxyl groups is 2. The average molecular weight is 703 g/mol. The van der Waals surface area contributed by atoms with Crippen LogP contribution >= 0.6 is 21.6 Å². The molecule has 0 aromatic rings. The number of barbiturate groups is 1. The number of ether oxygens (including phenoxy) is 3. The predicted octanol–water partition coefficient (Wildman–Crippen LogP) is 3.38. The molecule has 47 heavy (non-hydrogen) atoms. The molecular formula is C32H50N2O11S2. The first-order chi connectivity index (χ1) is 22.4. The third-order valence-electron chi connectivity index (χ3n) is 7.82. The number of rotatable bonds is 16. The summed E-state index contributed by atoms with van der Waals surface area (Å²) in [7, 11) is 7.33. The molecule has 0 aromatic carbocycles. The molecule has 2 N–H and O–H groups in total. The highest BCUT2D eigenvalue weighted by atomic mass is 33.1. The van der Waals surface area contributed by atoms with E-state index in [2.05, 4.69) is 28.2 Å². The summed E-state index contributed by atoms with van der Waals surface area (Å²) < 4.78 is 13.7. The van der Waals surface area contributed by atoms with E-state index < -0.39 is 36.0 Å². The molecule has 2 aliphatic carbocycles. The van der Waals surface area contributed by atoms with E-state index in [4.69, 9.17) is 4.74 Å². The molecule has 3 aliphatic rings. The lowest BCUT2D eigenvalue weighted by atomic mass is 9.94. The maximum atomic E-state index is 12.4. The van der Waals surface area contributed by atoms with E-state index >= 15 is 0 Å². The van der Waals surface area contributed by atoms with Gasteiger partial charge in [0, 0.05) is 11.5 Å². The van der Waals surface area contributed by atoms with E-state index in [0.29, 0.717) is 49.0 Å². The fourth-order valence-corrected chi connectivity index (χ4v) is 6.92. The maximum Gasteiger partial charge on any atom is 0.333 e. The summed E-state index contributed by atoms with van der Waals surface area (Å²) in [6.07, 6.45) is 8.02. The maximum absolute atomic E-state index is 12.4. The molecule has 1 aliphatic heterocycles. The molecule has 0 radical (unpaired) electrons. The third kappa shape index (κ3) is 14.0. The molecule has 2 fully saturated rings. The van der Waals surface area contributed by atoms with Crippen LogP contribution < -0.4 is 0 Å². The van der Waals surface area contributed by atoms with Crippen molar-refractivity contribution in [1.29, 1.82) is 0 Å². The molecule has 2 bridgehead atoms. The van der Waals surface area contributed by atoms with Gasteiger partial charge in [0.15, 0.2) is 0 Å². The summed E-state index contributed by atoms with van der Waals surface area (Å²) in [6, 6.07) is -0.782. The van der Waals surface area contributed by atoms with Crippen LogP contribution in [0.2, 0.25) is 0 Å². The molecule has 3 rings (SSSR count). The summed E-state index contributed by atoms with van der Waals surface area (Å²) in [5.74, 6) is 0.0138. The zero-order chi connectivity index (χ0) is 35.5. The lowest BCUT2D eigenvalue weighted by Gasteiger charge is -2.38. The Kier molecular flexibility index (Phi) is 20.3. The van der Waals surface area contributed by atoms with Crippen molar-refractivity contribution in [3.05, 3.63) is 24.8 Å². The topological polar surface area (TPSA) is 177 Å². The first-order valence-corrected chi connectivity index (χ1v) is 18.1. The number of carbonyl (C=O) groups excluding carboxylic acids is 6. The molecule has 15 heteroatoms. The predicted molar refractivity (Wildman–Crippen MR) is 179 cm³/mol. The minimum atomic E-state index is -1.02. The number of urea groups is 1. The molecule has 13 nitrogen and oxygen atoms in total. The van der Waals surface area contributed by atoms with Crippen LogP contribution in [0.1, 0.15) is 58.8 Å². The highest BCUT2D eigenvalue weighted by molar-refractivity contribution is 8.76. The Morgan fingerprint density at radius 1 is 0.872 bits per heavy atom. The van der Waals surface area contributed by atoms with E-state index in [1.807, 2.05) is 0 Å². The molecule has 1 saturated heterocycles. The zero-order valence-corrected chi connectivity index (χ0v) is 29.6. The molecule has 1 heterocycles. The number of imide groups is 2. The summed E-state index contributed by atoms with van der Waals surface area (Å²) in [4.78, 5) is 71.3. The van der Waals surface area contributed by atoms with Crippen molar-refractivity contribution in [2.24, 2.45) is 23.7 Å². The number of allylic oxidation sites excluding steroid dienone is 3. The summed E-state index contributed by atoms with van der Waals surface area (Å²) in [5, 5.41) is 19.4. The monoisotopic (exact) mass is 702 g/mol. The number of hydrogen-bond donors (Lipinski definition) is 2. The molecule has 5 atom stereocenters. The Labute approximate surface area is 285 Å². The van der Waals surface area contributed by atoms with Gasteiger partial charge in [-0.2, -0.15) is 0 Å². The first kappa shape index (κ1) is 42.1. The lowest BCUT2D eigenvalue weighted by Crippen LogP contribution is -2.62. The van der Waals surface area contributed by atoms with E-state index in [9.17, 15) is 39.0 Å². The fourth-order valence-electron chi connectivity index (χ4n) is 4.98.